The van der Waals surface area contributed by atoms with Gasteiger partial charge in [0.05, 0.1) is 23.6 Å². The number of carbonyl (C=O) groups is 1. The van der Waals surface area contributed by atoms with Crippen LogP contribution in [0, 0.1) is 23.7 Å². The van der Waals surface area contributed by atoms with Crippen molar-refractivity contribution in [3.05, 3.63) is 36.0 Å². The van der Waals surface area contributed by atoms with E-state index in [-0.39, 0.29) is 12.5 Å². The highest BCUT2D eigenvalue weighted by atomic mass is 16.5. The quantitative estimate of drug-likeness (QED) is 0.371. The molecule has 2 aromatic heterocycles. The molecule has 0 unspecified atom stereocenters. The molecule has 4 rings (SSSR count). The van der Waals surface area contributed by atoms with Crippen LogP contribution in [0.2, 0.25) is 0 Å². The molecule has 37 heavy (non-hydrogen) atoms. The lowest BCUT2D eigenvalue weighted by Gasteiger charge is -2.31. The molecule has 1 aliphatic heterocycles. The summed E-state index contributed by atoms with van der Waals surface area (Å²) in [5, 5.41) is 29.1. The summed E-state index contributed by atoms with van der Waals surface area (Å²) in [5.41, 5.74) is 2.53. The summed E-state index contributed by atoms with van der Waals surface area (Å²) in [5.74, 6) is 0.826. The molecule has 2 fully saturated rings. The number of aliphatic carboxylic acids is 1. The molecular weight excluding hydrogens is 468 g/mol. The van der Waals surface area contributed by atoms with Crippen LogP contribution in [0.1, 0.15) is 57.4 Å². The molecule has 198 valence electrons. The van der Waals surface area contributed by atoms with E-state index in [9.17, 15) is 10.1 Å². The number of rotatable bonds is 10. The Morgan fingerprint density at radius 3 is 2.65 bits per heavy atom. The number of hydrogen-bond acceptors (Lipinski definition) is 8. The number of carboxylic acids is 1. The molecule has 9 nitrogen and oxygen atoms in total. The fourth-order valence-electron chi connectivity index (χ4n) is 5.25. The third kappa shape index (κ3) is 7.40. The van der Waals surface area contributed by atoms with E-state index in [2.05, 4.69) is 33.1 Å². The minimum Gasteiger partial charge on any atom is -0.481 e. The van der Waals surface area contributed by atoms with Crippen LogP contribution in [-0.2, 0) is 9.53 Å². The van der Waals surface area contributed by atoms with Crippen molar-refractivity contribution in [1.82, 2.24) is 15.3 Å². The highest BCUT2D eigenvalue weighted by molar-refractivity contribution is 5.68. The van der Waals surface area contributed by atoms with Crippen molar-refractivity contribution in [2.24, 2.45) is 5.41 Å². The van der Waals surface area contributed by atoms with Crippen LogP contribution >= 0.6 is 0 Å². The van der Waals surface area contributed by atoms with E-state index in [4.69, 9.17) is 14.8 Å². The zero-order valence-corrected chi connectivity index (χ0v) is 21.8. The van der Waals surface area contributed by atoms with Crippen molar-refractivity contribution in [1.29, 1.82) is 5.26 Å². The lowest BCUT2D eigenvalue weighted by Crippen LogP contribution is -2.42. The number of nitrogens with zero attached hydrogens (tertiary/aromatic N) is 3. The van der Waals surface area contributed by atoms with Gasteiger partial charge in [-0.25, -0.2) is 9.97 Å². The van der Waals surface area contributed by atoms with Crippen LogP contribution in [0.4, 0.5) is 11.6 Å². The Bertz CT molecular complexity index is 1100. The van der Waals surface area contributed by atoms with Gasteiger partial charge in [-0.2, -0.15) is 5.26 Å². The zero-order valence-electron chi connectivity index (χ0n) is 21.8. The number of nitrogens with one attached hydrogen (secondary N) is 3. The van der Waals surface area contributed by atoms with E-state index in [1.807, 2.05) is 38.2 Å². The molecule has 9 heteroatoms. The normalized spacial score (nSPS) is 22.0. The van der Waals surface area contributed by atoms with Crippen molar-refractivity contribution >= 4 is 17.6 Å². The van der Waals surface area contributed by atoms with Gasteiger partial charge < -0.3 is 25.8 Å². The Morgan fingerprint density at radius 1 is 1.22 bits per heavy atom. The smallest absolute Gasteiger partial charge is 0.304 e. The number of carboxylic acid groups (broad SMARTS) is 1. The molecule has 1 saturated carbocycles. The molecular formula is C28H38N6O3. The molecule has 3 heterocycles. The second-order valence-electron chi connectivity index (χ2n) is 10.5. The molecule has 0 aromatic carbocycles. The Kier molecular flexibility index (Phi) is 8.95. The van der Waals surface area contributed by atoms with E-state index < -0.39 is 11.4 Å². The Morgan fingerprint density at radius 2 is 1.95 bits per heavy atom. The SMILES string of the molecule is Cc1cnc(NC2CCC(N[C@@H](C)CC(=O)O)CC2)cc1-c1cccc(NCC2(C#N)CCOCC2)n1. The Hall–Kier alpha value is -3.22. The predicted molar refractivity (Wildman–Crippen MR) is 143 cm³/mol. The van der Waals surface area contributed by atoms with Gasteiger partial charge in [0.1, 0.15) is 11.6 Å². The van der Waals surface area contributed by atoms with Gasteiger partial charge in [0.15, 0.2) is 0 Å². The molecule has 4 N–H and O–H groups in total. The van der Waals surface area contributed by atoms with E-state index in [1.165, 1.54) is 0 Å². The molecule has 2 aromatic rings. The number of hydrogen-bond donors (Lipinski definition) is 4. The third-order valence-electron chi connectivity index (χ3n) is 7.50. The zero-order chi connectivity index (χ0) is 26.3. The molecule has 0 bridgehead atoms. The summed E-state index contributed by atoms with van der Waals surface area (Å²) in [4.78, 5) is 20.4. The second kappa shape index (κ2) is 12.3. The summed E-state index contributed by atoms with van der Waals surface area (Å²) < 4.78 is 5.44. The van der Waals surface area contributed by atoms with Gasteiger partial charge in [-0.15, -0.1) is 0 Å². The van der Waals surface area contributed by atoms with Crippen molar-refractivity contribution in [2.45, 2.75) is 76.9 Å². The third-order valence-corrected chi connectivity index (χ3v) is 7.50. The average molecular weight is 507 g/mol. The van der Waals surface area contributed by atoms with Crippen LogP contribution in [-0.4, -0.2) is 58.9 Å². The molecule has 1 atom stereocenters. The maximum atomic E-state index is 10.9. The Balaban J connectivity index is 1.36. The molecule has 0 radical (unpaired) electrons. The highest BCUT2D eigenvalue weighted by Crippen LogP contribution is 2.31. The van der Waals surface area contributed by atoms with E-state index >= 15 is 0 Å². The lowest BCUT2D eigenvalue weighted by atomic mass is 9.82. The highest BCUT2D eigenvalue weighted by Gasteiger charge is 2.32. The summed E-state index contributed by atoms with van der Waals surface area (Å²) in [6, 6.07) is 11.2. The fraction of sp³-hybridized carbons (Fsp3) is 0.571. The predicted octanol–water partition coefficient (Wildman–Crippen LogP) is 4.36. The molecule has 1 saturated heterocycles. The number of aryl methyl sites for hydroxylation is 1. The second-order valence-corrected chi connectivity index (χ2v) is 10.5. The first kappa shape index (κ1) is 26.8. The lowest BCUT2D eigenvalue weighted by molar-refractivity contribution is -0.137. The van der Waals surface area contributed by atoms with Gasteiger partial charge in [-0.3, -0.25) is 4.79 Å². The minimum absolute atomic E-state index is 0.0202. The van der Waals surface area contributed by atoms with Crippen molar-refractivity contribution < 1.29 is 14.6 Å². The van der Waals surface area contributed by atoms with Gasteiger partial charge in [0.2, 0.25) is 0 Å². The van der Waals surface area contributed by atoms with Crippen molar-refractivity contribution in [3.63, 3.8) is 0 Å². The van der Waals surface area contributed by atoms with E-state index in [1.54, 1.807) is 0 Å². The maximum Gasteiger partial charge on any atom is 0.304 e. The molecule has 1 aliphatic carbocycles. The van der Waals surface area contributed by atoms with Crippen LogP contribution in [0.15, 0.2) is 30.5 Å². The van der Waals surface area contributed by atoms with Crippen LogP contribution in [0.5, 0.6) is 0 Å². The summed E-state index contributed by atoms with van der Waals surface area (Å²) >= 11 is 0. The minimum atomic E-state index is -0.766. The monoisotopic (exact) mass is 506 g/mol. The number of nitriles is 1. The van der Waals surface area contributed by atoms with Gasteiger partial charge in [-0.05, 0) is 76.1 Å². The largest absolute Gasteiger partial charge is 0.481 e. The molecule has 2 aliphatic rings. The number of pyridine rings is 2. The topological polar surface area (TPSA) is 132 Å². The number of ether oxygens (including phenoxy) is 1. The summed E-state index contributed by atoms with van der Waals surface area (Å²) in [6.45, 7) is 5.77. The van der Waals surface area contributed by atoms with Crippen molar-refractivity contribution in [3.8, 4) is 17.3 Å². The van der Waals surface area contributed by atoms with Gasteiger partial charge in [0.25, 0.3) is 0 Å². The molecule has 0 spiro atoms. The van der Waals surface area contributed by atoms with Gasteiger partial charge >= 0.3 is 5.97 Å². The Labute approximate surface area is 219 Å². The first-order chi connectivity index (χ1) is 17.9. The van der Waals surface area contributed by atoms with Gasteiger partial charge in [-0.1, -0.05) is 6.07 Å². The summed E-state index contributed by atoms with van der Waals surface area (Å²) in [6.07, 6.45) is 7.51. The average Bonchev–Trinajstić information content (AvgIpc) is 2.90. The first-order valence-corrected chi connectivity index (χ1v) is 13.3. The standard InChI is InChI=1S/C28H38N6O3/c1-19-16-30-26(33-22-8-6-21(7-9-22)32-20(2)14-27(35)36)15-23(19)24-4-3-5-25(34-24)31-18-28(17-29)10-12-37-13-11-28/h3-5,15-16,20-22,32H,6-14,18H2,1-2H3,(H,30,33)(H,31,34)(H,35,36)/t20-,21?,22?/m0/s1. The van der Waals surface area contributed by atoms with E-state index in [0.29, 0.717) is 31.8 Å². The maximum absolute atomic E-state index is 10.9. The number of anilines is 2. The van der Waals surface area contributed by atoms with Crippen LogP contribution in [0.25, 0.3) is 11.3 Å². The summed E-state index contributed by atoms with van der Waals surface area (Å²) in [7, 11) is 0. The van der Waals surface area contributed by atoms with Crippen LogP contribution in [0.3, 0.4) is 0 Å². The first-order valence-electron chi connectivity index (χ1n) is 13.3. The molecule has 0 amide bonds. The fourth-order valence-corrected chi connectivity index (χ4v) is 5.25. The number of aromatic nitrogens is 2. The van der Waals surface area contributed by atoms with E-state index in [0.717, 1.165) is 67.0 Å². The van der Waals surface area contributed by atoms with Gasteiger partial charge in [0, 0.05) is 49.6 Å². The van der Waals surface area contributed by atoms with Crippen molar-refractivity contribution in [2.75, 3.05) is 30.4 Å². The van der Waals surface area contributed by atoms with Crippen LogP contribution < -0.4 is 16.0 Å².